The summed E-state index contributed by atoms with van der Waals surface area (Å²) >= 11 is 0. The Morgan fingerprint density at radius 2 is 1.85 bits per heavy atom. The molecule has 3 rings (SSSR count). The molecule has 0 radical (unpaired) electrons. The number of aromatic nitrogens is 1. The average molecular weight is 275 g/mol. The average Bonchev–Trinajstić information content (AvgIpc) is 3.02. The van der Waals surface area contributed by atoms with E-state index < -0.39 is 5.97 Å². The second-order valence-corrected chi connectivity index (χ2v) is 5.65. The van der Waals surface area contributed by atoms with Gasteiger partial charge in [-0.15, -0.1) is 0 Å². The van der Waals surface area contributed by atoms with E-state index in [2.05, 4.69) is 14.8 Å². The quantitative estimate of drug-likeness (QED) is 0.912. The minimum atomic E-state index is -0.962. The summed E-state index contributed by atoms with van der Waals surface area (Å²) in [6.07, 6.45) is 5.42. The molecule has 0 bridgehead atoms. The highest BCUT2D eigenvalue weighted by Crippen LogP contribution is 2.25. The van der Waals surface area contributed by atoms with E-state index in [1.807, 2.05) is 6.07 Å². The maximum atomic E-state index is 11.0. The molecule has 108 valence electrons. The van der Waals surface area contributed by atoms with Gasteiger partial charge in [0.2, 0.25) is 0 Å². The molecule has 0 atom stereocenters. The van der Waals surface area contributed by atoms with E-state index >= 15 is 0 Å². The van der Waals surface area contributed by atoms with Crippen LogP contribution in [-0.4, -0.2) is 53.2 Å². The summed E-state index contributed by atoms with van der Waals surface area (Å²) in [5, 5.41) is 9.00. The van der Waals surface area contributed by atoms with Gasteiger partial charge in [-0.3, -0.25) is 4.90 Å². The Morgan fingerprint density at radius 1 is 1.15 bits per heavy atom. The van der Waals surface area contributed by atoms with Gasteiger partial charge in [-0.1, -0.05) is 18.9 Å². The number of piperazine rings is 1. The highest BCUT2D eigenvalue weighted by atomic mass is 16.4. The Balaban J connectivity index is 1.62. The molecule has 0 spiro atoms. The first-order valence-electron chi connectivity index (χ1n) is 7.43. The van der Waals surface area contributed by atoms with Gasteiger partial charge in [0.15, 0.2) is 5.69 Å². The number of pyridine rings is 1. The number of hydrogen-bond acceptors (Lipinski definition) is 4. The van der Waals surface area contributed by atoms with Gasteiger partial charge in [-0.25, -0.2) is 9.78 Å². The number of carboxylic acids is 1. The predicted molar refractivity (Wildman–Crippen MR) is 77.2 cm³/mol. The molecule has 2 heterocycles. The third-order valence-corrected chi connectivity index (χ3v) is 4.43. The Kier molecular flexibility index (Phi) is 3.87. The van der Waals surface area contributed by atoms with Gasteiger partial charge >= 0.3 is 5.97 Å². The predicted octanol–water partition coefficient (Wildman–Crippen LogP) is 1.84. The van der Waals surface area contributed by atoms with E-state index in [-0.39, 0.29) is 5.69 Å². The molecular formula is C15H21N3O2. The fourth-order valence-corrected chi connectivity index (χ4v) is 3.30. The van der Waals surface area contributed by atoms with Gasteiger partial charge in [0.05, 0.1) is 0 Å². The van der Waals surface area contributed by atoms with E-state index in [9.17, 15) is 4.79 Å². The molecule has 1 N–H and O–H groups in total. The lowest BCUT2D eigenvalue weighted by atomic mass is 10.2. The fraction of sp³-hybridized carbons (Fsp3) is 0.600. The first kappa shape index (κ1) is 13.4. The van der Waals surface area contributed by atoms with Gasteiger partial charge < -0.3 is 10.0 Å². The fourth-order valence-electron chi connectivity index (χ4n) is 3.30. The summed E-state index contributed by atoms with van der Waals surface area (Å²) in [6, 6.07) is 5.99. The Morgan fingerprint density at radius 3 is 2.50 bits per heavy atom. The van der Waals surface area contributed by atoms with Crippen LogP contribution in [0.5, 0.6) is 0 Å². The molecular weight excluding hydrogens is 254 g/mol. The first-order valence-corrected chi connectivity index (χ1v) is 7.43. The molecule has 1 aliphatic heterocycles. The minimum Gasteiger partial charge on any atom is -0.477 e. The first-order chi connectivity index (χ1) is 9.74. The van der Waals surface area contributed by atoms with E-state index in [1.54, 1.807) is 12.1 Å². The minimum absolute atomic E-state index is 0.126. The van der Waals surface area contributed by atoms with Crippen molar-refractivity contribution in [3.63, 3.8) is 0 Å². The van der Waals surface area contributed by atoms with Gasteiger partial charge in [0, 0.05) is 32.2 Å². The van der Waals surface area contributed by atoms with Crippen LogP contribution in [0, 0.1) is 0 Å². The third-order valence-electron chi connectivity index (χ3n) is 4.43. The zero-order valence-electron chi connectivity index (χ0n) is 11.7. The van der Waals surface area contributed by atoms with Crippen LogP contribution < -0.4 is 4.90 Å². The standard InChI is InChI=1S/C15H21N3O2/c19-15(20)13-6-3-7-14(16-13)18-10-8-17(9-11-18)12-4-1-2-5-12/h3,6-7,12H,1-2,4-5,8-11H2,(H,19,20). The lowest BCUT2D eigenvalue weighted by Gasteiger charge is -2.38. The lowest BCUT2D eigenvalue weighted by Crippen LogP contribution is -2.50. The van der Waals surface area contributed by atoms with E-state index in [0.717, 1.165) is 38.0 Å². The Hall–Kier alpha value is -1.62. The summed E-state index contributed by atoms with van der Waals surface area (Å²) < 4.78 is 0. The molecule has 1 saturated heterocycles. The molecule has 1 aromatic heterocycles. The molecule has 5 nitrogen and oxygen atoms in total. The molecule has 1 saturated carbocycles. The molecule has 5 heteroatoms. The third kappa shape index (κ3) is 2.77. The largest absolute Gasteiger partial charge is 0.477 e. The summed E-state index contributed by atoms with van der Waals surface area (Å²) in [5.41, 5.74) is 0.126. The van der Waals surface area contributed by atoms with Gasteiger partial charge in [0.1, 0.15) is 5.82 Å². The maximum Gasteiger partial charge on any atom is 0.354 e. The van der Waals surface area contributed by atoms with Crippen molar-refractivity contribution in [2.45, 2.75) is 31.7 Å². The normalized spacial score (nSPS) is 21.3. The summed E-state index contributed by atoms with van der Waals surface area (Å²) in [5.74, 6) is -0.174. The van der Waals surface area contributed by atoms with Crippen molar-refractivity contribution in [1.29, 1.82) is 0 Å². The number of rotatable bonds is 3. The molecule has 1 aromatic rings. The van der Waals surface area contributed by atoms with Gasteiger partial charge in [0.25, 0.3) is 0 Å². The van der Waals surface area contributed by atoms with Crippen LogP contribution in [0.25, 0.3) is 0 Å². The summed E-state index contributed by atoms with van der Waals surface area (Å²) in [7, 11) is 0. The number of hydrogen-bond donors (Lipinski definition) is 1. The monoisotopic (exact) mass is 275 g/mol. The van der Waals surface area contributed by atoms with Crippen LogP contribution in [0.1, 0.15) is 36.2 Å². The second kappa shape index (κ2) is 5.79. The molecule has 2 aliphatic rings. The summed E-state index contributed by atoms with van der Waals surface area (Å²) in [6.45, 7) is 3.99. The summed E-state index contributed by atoms with van der Waals surface area (Å²) in [4.78, 5) is 20.0. The van der Waals surface area contributed by atoms with Gasteiger partial charge in [-0.05, 0) is 25.0 Å². The maximum absolute atomic E-state index is 11.0. The SMILES string of the molecule is O=C(O)c1cccc(N2CCN(C3CCCC3)CC2)n1. The van der Waals surface area contributed by atoms with Gasteiger partial charge in [-0.2, -0.15) is 0 Å². The zero-order chi connectivity index (χ0) is 13.9. The number of anilines is 1. The smallest absolute Gasteiger partial charge is 0.354 e. The van der Waals surface area contributed by atoms with Crippen LogP contribution in [0.3, 0.4) is 0 Å². The molecule has 2 fully saturated rings. The van der Waals surface area contributed by atoms with Crippen molar-refractivity contribution in [3.8, 4) is 0 Å². The van der Waals surface area contributed by atoms with Crippen LogP contribution in [0.2, 0.25) is 0 Å². The highest BCUT2D eigenvalue weighted by molar-refractivity contribution is 5.85. The topological polar surface area (TPSA) is 56.7 Å². The zero-order valence-corrected chi connectivity index (χ0v) is 11.7. The Bertz CT molecular complexity index is 478. The van der Waals surface area contributed by atoms with Crippen molar-refractivity contribution in [2.75, 3.05) is 31.1 Å². The van der Waals surface area contributed by atoms with Crippen molar-refractivity contribution in [2.24, 2.45) is 0 Å². The Labute approximate surface area is 119 Å². The molecule has 0 amide bonds. The van der Waals surface area contributed by atoms with E-state index in [4.69, 9.17) is 5.11 Å². The van der Waals surface area contributed by atoms with Crippen LogP contribution in [-0.2, 0) is 0 Å². The molecule has 1 aliphatic carbocycles. The molecule has 0 unspecified atom stereocenters. The van der Waals surface area contributed by atoms with Crippen LogP contribution in [0.4, 0.5) is 5.82 Å². The number of carboxylic acid groups (broad SMARTS) is 1. The van der Waals surface area contributed by atoms with Crippen molar-refractivity contribution < 1.29 is 9.90 Å². The van der Waals surface area contributed by atoms with Crippen LogP contribution >= 0.6 is 0 Å². The number of nitrogens with zero attached hydrogens (tertiary/aromatic N) is 3. The molecule has 20 heavy (non-hydrogen) atoms. The van der Waals surface area contributed by atoms with Crippen molar-refractivity contribution in [3.05, 3.63) is 23.9 Å². The molecule has 0 aromatic carbocycles. The highest BCUT2D eigenvalue weighted by Gasteiger charge is 2.26. The van der Waals surface area contributed by atoms with Crippen LogP contribution in [0.15, 0.2) is 18.2 Å². The number of aromatic carboxylic acids is 1. The number of carbonyl (C=O) groups is 1. The van der Waals surface area contributed by atoms with Crippen molar-refractivity contribution in [1.82, 2.24) is 9.88 Å². The van der Waals surface area contributed by atoms with E-state index in [1.165, 1.54) is 25.7 Å². The van der Waals surface area contributed by atoms with E-state index in [0.29, 0.717) is 0 Å². The lowest BCUT2D eigenvalue weighted by molar-refractivity contribution is 0.0690. The second-order valence-electron chi connectivity index (χ2n) is 5.65. The van der Waals surface area contributed by atoms with Crippen molar-refractivity contribution >= 4 is 11.8 Å².